The smallest absolute Gasteiger partial charge is 0.355 e. The van der Waals surface area contributed by atoms with Gasteiger partial charge >= 0.3 is 5.97 Å². The third kappa shape index (κ3) is 4.89. The Morgan fingerprint density at radius 1 is 0.750 bits per heavy atom. The lowest BCUT2D eigenvalue weighted by molar-refractivity contribution is 0.0591. The summed E-state index contributed by atoms with van der Waals surface area (Å²) in [4.78, 5) is 27.6. The summed E-state index contributed by atoms with van der Waals surface area (Å²) in [6.45, 7) is -0.0183. The number of benzene rings is 3. The third-order valence-electron chi connectivity index (χ3n) is 6.61. The summed E-state index contributed by atoms with van der Waals surface area (Å²) in [5.41, 5.74) is 1.69. The number of ether oxygens (including phenoxy) is 6. The minimum absolute atomic E-state index is 0.0172. The van der Waals surface area contributed by atoms with Crippen LogP contribution in [-0.4, -0.2) is 64.9 Å². The van der Waals surface area contributed by atoms with Gasteiger partial charge in [0.25, 0.3) is 5.56 Å². The molecule has 0 fully saturated rings. The van der Waals surface area contributed by atoms with E-state index in [1.54, 1.807) is 48.5 Å². The first kappa shape index (κ1) is 28.3. The number of hydrogen-bond donors (Lipinski definition) is 1. The summed E-state index contributed by atoms with van der Waals surface area (Å²) in [6.07, 6.45) is 0.449. The van der Waals surface area contributed by atoms with E-state index >= 15 is 0 Å². The Balaban J connectivity index is 2.25. The van der Waals surface area contributed by atoms with Crippen molar-refractivity contribution >= 4 is 16.7 Å². The van der Waals surface area contributed by atoms with Crippen molar-refractivity contribution in [3.8, 4) is 45.6 Å². The summed E-state index contributed by atoms with van der Waals surface area (Å²) in [6, 6.07) is 13.6. The van der Waals surface area contributed by atoms with Crippen LogP contribution in [0.4, 0.5) is 0 Å². The van der Waals surface area contributed by atoms with Crippen molar-refractivity contribution in [1.82, 2.24) is 4.57 Å². The van der Waals surface area contributed by atoms with Crippen molar-refractivity contribution < 1.29 is 38.3 Å². The van der Waals surface area contributed by atoms with E-state index in [0.717, 1.165) is 5.56 Å². The Bertz CT molecular complexity index is 1580. The number of aliphatic hydroxyl groups is 1. The van der Waals surface area contributed by atoms with Gasteiger partial charge in [-0.05, 0) is 53.9 Å². The van der Waals surface area contributed by atoms with Gasteiger partial charge in [-0.1, -0.05) is 12.1 Å². The molecule has 0 atom stereocenters. The lowest BCUT2D eigenvalue weighted by Gasteiger charge is -2.21. The maximum absolute atomic E-state index is 14.1. The second kappa shape index (κ2) is 12.0. The van der Waals surface area contributed by atoms with Gasteiger partial charge in [0.15, 0.2) is 23.0 Å². The molecule has 40 heavy (non-hydrogen) atoms. The van der Waals surface area contributed by atoms with Gasteiger partial charge in [-0.25, -0.2) is 4.79 Å². The lowest BCUT2D eigenvalue weighted by atomic mass is 9.95. The van der Waals surface area contributed by atoms with E-state index in [2.05, 4.69) is 0 Å². The Kier molecular flexibility index (Phi) is 8.49. The Morgan fingerprint density at radius 3 is 1.77 bits per heavy atom. The Labute approximate surface area is 231 Å². The molecule has 1 N–H and O–H groups in total. The minimum Gasteiger partial charge on any atom is -0.493 e. The fourth-order valence-corrected chi connectivity index (χ4v) is 4.72. The molecule has 0 aliphatic heterocycles. The fraction of sp³-hybridized carbons (Fsp3) is 0.267. The number of hydrogen-bond acceptors (Lipinski definition) is 9. The maximum atomic E-state index is 14.1. The van der Waals surface area contributed by atoms with Crippen molar-refractivity contribution in [3.63, 3.8) is 0 Å². The van der Waals surface area contributed by atoms with Crippen molar-refractivity contribution in [3.05, 3.63) is 70.1 Å². The van der Waals surface area contributed by atoms with Gasteiger partial charge in [0.2, 0.25) is 5.75 Å². The molecule has 4 aromatic rings. The molecule has 10 heteroatoms. The number of carbonyl (C=O) groups excluding carboxylic acids is 1. The van der Waals surface area contributed by atoms with Crippen molar-refractivity contribution in [2.75, 3.05) is 49.3 Å². The second-order valence-corrected chi connectivity index (χ2v) is 8.66. The molecule has 0 amide bonds. The van der Waals surface area contributed by atoms with Gasteiger partial charge in [-0.15, -0.1) is 0 Å². The molecule has 4 rings (SSSR count). The first-order chi connectivity index (χ1) is 19.4. The monoisotopic (exact) mass is 549 g/mol. The number of pyridine rings is 1. The molecular formula is C30H31NO9. The average molecular weight is 550 g/mol. The highest BCUT2D eigenvalue weighted by Crippen LogP contribution is 2.45. The van der Waals surface area contributed by atoms with Crippen LogP contribution in [0.15, 0.2) is 53.3 Å². The van der Waals surface area contributed by atoms with Crippen LogP contribution < -0.4 is 29.2 Å². The van der Waals surface area contributed by atoms with Crippen LogP contribution in [0.25, 0.3) is 27.6 Å². The Morgan fingerprint density at radius 2 is 1.30 bits per heavy atom. The molecule has 0 saturated heterocycles. The number of aliphatic hydroxyl groups excluding tert-OH is 1. The van der Waals surface area contributed by atoms with Crippen molar-refractivity contribution in [1.29, 1.82) is 0 Å². The maximum Gasteiger partial charge on any atom is 0.355 e. The molecule has 0 aliphatic rings. The van der Waals surface area contributed by atoms with Crippen molar-refractivity contribution in [2.24, 2.45) is 0 Å². The highest BCUT2D eigenvalue weighted by Gasteiger charge is 2.28. The summed E-state index contributed by atoms with van der Waals surface area (Å²) in [5.74, 6) is 1.05. The highest BCUT2D eigenvalue weighted by atomic mass is 16.5. The van der Waals surface area contributed by atoms with E-state index in [0.29, 0.717) is 57.4 Å². The standard InChI is InChI=1S/C30H31NO9/c1-35-22-15-20-21(16-23(22)36-2)29(33)31(19-9-7-17(8-10-19)11-12-32)27(30(34)40-6)26(20)18-13-24(37-3)28(39-5)25(14-18)38-4/h7-10,13-16,32H,11-12H2,1-6H3. The summed E-state index contributed by atoms with van der Waals surface area (Å²) in [5, 5.41) is 10.0. The molecule has 210 valence electrons. The third-order valence-corrected chi connectivity index (χ3v) is 6.61. The van der Waals surface area contributed by atoms with Crippen LogP contribution >= 0.6 is 0 Å². The number of fused-ring (bicyclic) bond motifs is 1. The number of aromatic nitrogens is 1. The molecule has 3 aromatic carbocycles. The molecule has 1 heterocycles. The van der Waals surface area contributed by atoms with Gasteiger partial charge in [0.05, 0.1) is 48.0 Å². The van der Waals surface area contributed by atoms with Gasteiger partial charge in [-0.3, -0.25) is 9.36 Å². The van der Waals surface area contributed by atoms with E-state index in [1.807, 2.05) is 0 Å². The molecule has 0 radical (unpaired) electrons. The quantitative estimate of drug-likeness (QED) is 0.293. The number of esters is 1. The van der Waals surface area contributed by atoms with Crippen LogP contribution in [0.3, 0.4) is 0 Å². The van der Waals surface area contributed by atoms with E-state index in [1.165, 1.54) is 47.2 Å². The summed E-state index contributed by atoms with van der Waals surface area (Å²) >= 11 is 0. The van der Waals surface area contributed by atoms with Crippen molar-refractivity contribution in [2.45, 2.75) is 6.42 Å². The van der Waals surface area contributed by atoms with Crippen LogP contribution in [0.5, 0.6) is 28.7 Å². The van der Waals surface area contributed by atoms with Gasteiger partial charge in [0, 0.05) is 23.2 Å². The normalized spacial score (nSPS) is 10.8. The predicted molar refractivity (Wildman–Crippen MR) is 150 cm³/mol. The molecule has 0 bridgehead atoms. The summed E-state index contributed by atoms with van der Waals surface area (Å²) in [7, 11) is 8.68. The zero-order valence-corrected chi connectivity index (χ0v) is 23.2. The number of carbonyl (C=O) groups is 1. The first-order valence-electron chi connectivity index (χ1n) is 12.3. The largest absolute Gasteiger partial charge is 0.493 e. The predicted octanol–water partition coefficient (Wildman–Crippen LogP) is 4.02. The molecular weight excluding hydrogens is 518 g/mol. The number of nitrogens with zero attached hydrogens (tertiary/aromatic N) is 1. The molecule has 0 spiro atoms. The number of rotatable bonds is 10. The second-order valence-electron chi connectivity index (χ2n) is 8.66. The highest BCUT2D eigenvalue weighted by molar-refractivity contribution is 6.08. The SMILES string of the molecule is COC(=O)c1c(-c2cc(OC)c(OC)c(OC)c2)c2cc(OC)c(OC)cc2c(=O)n1-c1ccc(CCO)cc1. The van der Waals surface area contributed by atoms with Gasteiger partial charge in [-0.2, -0.15) is 0 Å². The summed E-state index contributed by atoms with van der Waals surface area (Å²) < 4.78 is 34.2. The van der Waals surface area contributed by atoms with Crippen LogP contribution in [0.2, 0.25) is 0 Å². The first-order valence-corrected chi connectivity index (χ1v) is 12.3. The topological polar surface area (TPSA) is 115 Å². The van der Waals surface area contributed by atoms with Crippen LogP contribution in [0.1, 0.15) is 16.1 Å². The zero-order chi connectivity index (χ0) is 29.0. The number of methoxy groups -OCH3 is 6. The molecule has 0 saturated carbocycles. The van der Waals surface area contributed by atoms with Crippen LogP contribution in [0, 0.1) is 0 Å². The fourth-order valence-electron chi connectivity index (χ4n) is 4.72. The van der Waals surface area contributed by atoms with Crippen LogP contribution in [-0.2, 0) is 11.2 Å². The lowest BCUT2D eigenvalue weighted by Crippen LogP contribution is -2.27. The Hall–Kier alpha value is -4.70. The van der Waals surface area contributed by atoms with E-state index in [4.69, 9.17) is 28.4 Å². The minimum atomic E-state index is -0.739. The van der Waals surface area contributed by atoms with Gasteiger partial charge < -0.3 is 33.5 Å². The van der Waals surface area contributed by atoms with E-state index in [9.17, 15) is 14.7 Å². The average Bonchev–Trinajstić information content (AvgIpc) is 2.99. The zero-order valence-electron chi connectivity index (χ0n) is 23.2. The molecule has 10 nitrogen and oxygen atoms in total. The van der Waals surface area contributed by atoms with E-state index in [-0.39, 0.29) is 17.7 Å². The molecule has 1 aromatic heterocycles. The molecule has 0 unspecified atom stereocenters. The van der Waals surface area contributed by atoms with E-state index < -0.39 is 11.5 Å². The molecule has 0 aliphatic carbocycles. The van der Waals surface area contributed by atoms with Gasteiger partial charge in [0.1, 0.15) is 5.69 Å².